The number of benzene rings is 1. The highest BCUT2D eigenvalue weighted by Crippen LogP contribution is 2.18. The van der Waals surface area contributed by atoms with E-state index in [-0.39, 0.29) is 6.04 Å². The van der Waals surface area contributed by atoms with Crippen LogP contribution >= 0.6 is 0 Å². The van der Waals surface area contributed by atoms with E-state index < -0.39 is 0 Å². The fourth-order valence-corrected chi connectivity index (χ4v) is 2.19. The first-order valence-electron chi connectivity index (χ1n) is 6.66. The van der Waals surface area contributed by atoms with Crippen LogP contribution in [0, 0.1) is 0 Å². The Balaban J connectivity index is 1.95. The molecule has 96 valence electrons. The van der Waals surface area contributed by atoms with Crippen LogP contribution < -0.4 is 5.73 Å². The minimum atomic E-state index is 0.0897. The van der Waals surface area contributed by atoms with Crippen LogP contribution in [0.15, 0.2) is 47.1 Å². The molecule has 0 aliphatic carbocycles. The van der Waals surface area contributed by atoms with Crippen LogP contribution in [0.2, 0.25) is 0 Å². The zero-order valence-electron chi connectivity index (χ0n) is 10.9. The third-order valence-electron chi connectivity index (χ3n) is 3.20. The van der Waals surface area contributed by atoms with Crippen LogP contribution in [0.5, 0.6) is 0 Å². The number of rotatable bonds is 6. The van der Waals surface area contributed by atoms with Gasteiger partial charge in [0, 0.05) is 12.5 Å². The van der Waals surface area contributed by atoms with Crippen molar-refractivity contribution in [1.82, 2.24) is 0 Å². The summed E-state index contributed by atoms with van der Waals surface area (Å²) in [7, 11) is 0. The second-order valence-electron chi connectivity index (χ2n) is 4.72. The van der Waals surface area contributed by atoms with Crippen LogP contribution in [-0.4, -0.2) is 0 Å². The molecule has 1 aromatic heterocycles. The van der Waals surface area contributed by atoms with Gasteiger partial charge in [-0.2, -0.15) is 0 Å². The predicted octanol–water partition coefficient (Wildman–Crippen LogP) is 3.86. The highest BCUT2D eigenvalue weighted by molar-refractivity contribution is 5.26. The Labute approximate surface area is 109 Å². The molecule has 0 spiro atoms. The molecule has 1 unspecified atom stereocenters. The van der Waals surface area contributed by atoms with Gasteiger partial charge in [-0.1, -0.05) is 37.6 Å². The molecule has 2 aromatic rings. The summed E-state index contributed by atoms with van der Waals surface area (Å²) in [5.41, 5.74) is 8.84. The van der Waals surface area contributed by atoms with E-state index in [0.29, 0.717) is 0 Å². The highest BCUT2D eigenvalue weighted by Gasteiger charge is 2.07. The molecule has 1 aromatic carbocycles. The molecular formula is C16H21NO. The summed E-state index contributed by atoms with van der Waals surface area (Å²) in [5, 5.41) is 0. The van der Waals surface area contributed by atoms with Gasteiger partial charge in [0.25, 0.3) is 0 Å². The minimum absolute atomic E-state index is 0.0897. The van der Waals surface area contributed by atoms with Crippen molar-refractivity contribution in [3.8, 4) is 0 Å². The lowest BCUT2D eigenvalue weighted by Gasteiger charge is -2.12. The molecule has 2 heteroatoms. The van der Waals surface area contributed by atoms with Gasteiger partial charge in [-0.3, -0.25) is 0 Å². The lowest BCUT2D eigenvalue weighted by Crippen LogP contribution is -2.11. The van der Waals surface area contributed by atoms with Crippen molar-refractivity contribution < 1.29 is 4.42 Å². The molecular weight excluding hydrogens is 222 g/mol. The van der Waals surface area contributed by atoms with Gasteiger partial charge < -0.3 is 10.2 Å². The molecule has 0 aliphatic heterocycles. The molecule has 1 atom stereocenters. The summed E-state index contributed by atoms with van der Waals surface area (Å²) in [4.78, 5) is 0. The molecule has 0 radical (unpaired) electrons. The summed E-state index contributed by atoms with van der Waals surface area (Å²) in [6.07, 6.45) is 5.82. The standard InChI is InChI=1S/C16H21NO/c1-2-5-13-6-3-7-14(12-13)16(17)10-9-15-8-4-11-18-15/h3-4,6-8,11-12,16H,2,5,9-10,17H2,1H3. The zero-order chi connectivity index (χ0) is 12.8. The Morgan fingerprint density at radius 1 is 1.17 bits per heavy atom. The van der Waals surface area contributed by atoms with Crippen molar-refractivity contribution in [2.45, 2.75) is 38.6 Å². The van der Waals surface area contributed by atoms with E-state index in [0.717, 1.165) is 25.0 Å². The van der Waals surface area contributed by atoms with Crippen LogP contribution in [0.4, 0.5) is 0 Å². The number of hydrogen-bond acceptors (Lipinski definition) is 2. The summed E-state index contributed by atoms with van der Waals surface area (Å²) >= 11 is 0. The second kappa shape index (κ2) is 6.41. The Morgan fingerprint density at radius 2 is 2.06 bits per heavy atom. The van der Waals surface area contributed by atoms with Crippen molar-refractivity contribution in [3.05, 3.63) is 59.5 Å². The Kier molecular flexibility index (Phi) is 4.59. The van der Waals surface area contributed by atoms with Crippen molar-refractivity contribution in [2.75, 3.05) is 0 Å². The molecule has 0 fully saturated rings. The minimum Gasteiger partial charge on any atom is -0.469 e. The maximum absolute atomic E-state index is 6.23. The normalized spacial score (nSPS) is 12.6. The number of furan rings is 1. The molecule has 0 aliphatic rings. The molecule has 0 bridgehead atoms. The fraction of sp³-hybridized carbons (Fsp3) is 0.375. The predicted molar refractivity (Wildman–Crippen MR) is 74.4 cm³/mol. The van der Waals surface area contributed by atoms with E-state index in [9.17, 15) is 0 Å². The lowest BCUT2D eigenvalue weighted by atomic mass is 9.99. The smallest absolute Gasteiger partial charge is 0.103 e. The molecule has 2 rings (SSSR count). The summed E-state index contributed by atoms with van der Waals surface area (Å²) < 4.78 is 5.33. The average Bonchev–Trinajstić information content (AvgIpc) is 2.90. The fourth-order valence-electron chi connectivity index (χ4n) is 2.19. The van der Waals surface area contributed by atoms with Gasteiger partial charge in [-0.25, -0.2) is 0 Å². The maximum Gasteiger partial charge on any atom is 0.103 e. The second-order valence-corrected chi connectivity index (χ2v) is 4.72. The Bertz CT molecular complexity index is 462. The first kappa shape index (κ1) is 12.9. The van der Waals surface area contributed by atoms with E-state index in [1.807, 2.05) is 12.1 Å². The summed E-state index contributed by atoms with van der Waals surface area (Å²) in [6.45, 7) is 2.20. The molecule has 2 nitrogen and oxygen atoms in total. The van der Waals surface area contributed by atoms with E-state index in [4.69, 9.17) is 10.2 Å². The Morgan fingerprint density at radius 3 is 2.78 bits per heavy atom. The highest BCUT2D eigenvalue weighted by atomic mass is 16.3. The Hall–Kier alpha value is -1.54. The van der Waals surface area contributed by atoms with E-state index in [1.165, 1.54) is 17.5 Å². The van der Waals surface area contributed by atoms with E-state index in [2.05, 4.69) is 31.2 Å². The third kappa shape index (κ3) is 3.47. The molecule has 1 heterocycles. The van der Waals surface area contributed by atoms with Gasteiger partial charge in [-0.15, -0.1) is 0 Å². The molecule has 2 N–H and O–H groups in total. The SMILES string of the molecule is CCCc1cccc(C(N)CCc2ccco2)c1. The zero-order valence-corrected chi connectivity index (χ0v) is 10.9. The topological polar surface area (TPSA) is 39.2 Å². The van der Waals surface area contributed by atoms with Gasteiger partial charge in [0.05, 0.1) is 6.26 Å². The van der Waals surface area contributed by atoms with E-state index >= 15 is 0 Å². The third-order valence-corrected chi connectivity index (χ3v) is 3.20. The first-order chi connectivity index (χ1) is 8.79. The van der Waals surface area contributed by atoms with Crippen molar-refractivity contribution in [3.63, 3.8) is 0 Å². The van der Waals surface area contributed by atoms with Gasteiger partial charge in [0.2, 0.25) is 0 Å². The van der Waals surface area contributed by atoms with Crippen molar-refractivity contribution in [2.24, 2.45) is 5.73 Å². The first-order valence-corrected chi connectivity index (χ1v) is 6.66. The molecule has 0 saturated heterocycles. The maximum atomic E-state index is 6.23. The quantitative estimate of drug-likeness (QED) is 0.836. The van der Waals surface area contributed by atoms with E-state index in [1.54, 1.807) is 6.26 Å². The van der Waals surface area contributed by atoms with Gasteiger partial charge in [0.1, 0.15) is 5.76 Å². The molecule has 18 heavy (non-hydrogen) atoms. The molecule has 0 amide bonds. The van der Waals surface area contributed by atoms with Crippen molar-refractivity contribution in [1.29, 1.82) is 0 Å². The van der Waals surface area contributed by atoms with Crippen LogP contribution in [-0.2, 0) is 12.8 Å². The van der Waals surface area contributed by atoms with Crippen LogP contribution in [0.25, 0.3) is 0 Å². The number of hydrogen-bond donors (Lipinski definition) is 1. The lowest BCUT2D eigenvalue weighted by molar-refractivity contribution is 0.488. The van der Waals surface area contributed by atoms with Gasteiger partial charge >= 0.3 is 0 Å². The number of aryl methyl sites for hydroxylation is 2. The van der Waals surface area contributed by atoms with Crippen LogP contribution in [0.1, 0.15) is 42.7 Å². The molecule has 0 saturated carbocycles. The van der Waals surface area contributed by atoms with Crippen molar-refractivity contribution >= 4 is 0 Å². The largest absolute Gasteiger partial charge is 0.469 e. The monoisotopic (exact) mass is 243 g/mol. The van der Waals surface area contributed by atoms with Gasteiger partial charge in [-0.05, 0) is 36.1 Å². The van der Waals surface area contributed by atoms with Gasteiger partial charge in [0.15, 0.2) is 0 Å². The average molecular weight is 243 g/mol. The summed E-state index contributed by atoms with van der Waals surface area (Å²) in [5.74, 6) is 1.01. The van der Waals surface area contributed by atoms with Crippen LogP contribution in [0.3, 0.4) is 0 Å². The number of nitrogens with two attached hydrogens (primary N) is 1. The summed E-state index contributed by atoms with van der Waals surface area (Å²) in [6, 6.07) is 12.6.